The quantitative estimate of drug-likeness (QED) is 0.833. The maximum absolute atomic E-state index is 12.2. The average molecular weight is 305 g/mol. The summed E-state index contributed by atoms with van der Waals surface area (Å²) in [5.74, 6) is 0.228. The Balaban J connectivity index is 2.01. The first kappa shape index (κ1) is 16.2. The topological polar surface area (TPSA) is 85.6 Å². The van der Waals surface area contributed by atoms with E-state index >= 15 is 0 Å². The van der Waals surface area contributed by atoms with Crippen LogP contribution in [-0.2, 0) is 11.3 Å². The minimum atomic E-state index is -0.309. The van der Waals surface area contributed by atoms with Gasteiger partial charge in [0, 0.05) is 25.8 Å². The lowest BCUT2D eigenvalue weighted by Gasteiger charge is -2.21. The number of rotatable bonds is 6. The third-order valence-electron chi connectivity index (χ3n) is 3.85. The van der Waals surface area contributed by atoms with Crippen molar-refractivity contribution in [3.63, 3.8) is 0 Å². The highest BCUT2D eigenvalue weighted by atomic mass is 16.2. The van der Waals surface area contributed by atoms with Crippen LogP contribution in [0.2, 0.25) is 0 Å². The lowest BCUT2D eigenvalue weighted by Crippen LogP contribution is -2.37. The Morgan fingerprint density at radius 1 is 1.41 bits per heavy atom. The fourth-order valence-electron chi connectivity index (χ4n) is 2.12. The molecule has 2 aromatic heterocycles. The van der Waals surface area contributed by atoms with Crippen LogP contribution in [0.5, 0.6) is 0 Å². The number of likely N-dealkylation sites (N-methyl/N-ethyl adjacent to an activating group) is 1. The van der Waals surface area contributed by atoms with Crippen molar-refractivity contribution in [3.05, 3.63) is 34.9 Å². The van der Waals surface area contributed by atoms with Crippen molar-refractivity contribution in [3.8, 4) is 0 Å². The summed E-state index contributed by atoms with van der Waals surface area (Å²) in [6, 6.07) is 5.34. The summed E-state index contributed by atoms with van der Waals surface area (Å²) in [6.45, 7) is 4.62. The molecule has 7 heteroatoms. The van der Waals surface area contributed by atoms with E-state index in [2.05, 4.69) is 18.9 Å². The van der Waals surface area contributed by atoms with Crippen LogP contribution in [0.15, 0.2) is 29.2 Å². The second kappa shape index (κ2) is 6.74. The van der Waals surface area contributed by atoms with E-state index in [9.17, 15) is 9.59 Å². The summed E-state index contributed by atoms with van der Waals surface area (Å²) >= 11 is 0. The summed E-state index contributed by atoms with van der Waals surface area (Å²) in [4.78, 5) is 25.9. The summed E-state index contributed by atoms with van der Waals surface area (Å²) in [7, 11) is 1.72. The predicted molar refractivity (Wildman–Crippen MR) is 84.5 cm³/mol. The third kappa shape index (κ3) is 3.54. The van der Waals surface area contributed by atoms with Crippen LogP contribution in [0.1, 0.15) is 20.3 Å². The van der Waals surface area contributed by atoms with Gasteiger partial charge in [0.05, 0.1) is 0 Å². The van der Waals surface area contributed by atoms with Crippen LogP contribution < -0.4 is 11.4 Å². The normalized spacial score (nSPS) is 12.8. The Bertz CT molecular complexity index is 703. The number of carbonyl (C=O) groups is 1. The monoisotopic (exact) mass is 305 g/mol. The first-order valence-electron chi connectivity index (χ1n) is 7.44. The molecule has 22 heavy (non-hydrogen) atoms. The molecule has 0 spiro atoms. The van der Waals surface area contributed by atoms with Gasteiger partial charge in [0.2, 0.25) is 5.91 Å². The van der Waals surface area contributed by atoms with Crippen LogP contribution >= 0.6 is 0 Å². The molecule has 1 amide bonds. The number of fused-ring (bicyclic) bond motifs is 1. The molecule has 7 nitrogen and oxygen atoms in total. The number of pyridine rings is 1. The van der Waals surface area contributed by atoms with Crippen LogP contribution in [0.4, 0.5) is 0 Å². The van der Waals surface area contributed by atoms with E-state index in [1.807, 2.05) is 0 Å². The maximum Gasteiger partial charge on any atom is 0.350 e. The summed E-state index contributed by atoms with van der Waals surface area (Å²) in [5.41, 5.74) is 6.21. The Labute approximate surface area is 129 Å². The van der Waals surface area contributed by atoms with Crippen molar-refractivity contribution in [2.45, 2.75) is 32.9 Å². The number of amides is 1. The standard InChI is InChI=1S/C15H23N5O2/c1-11(2)12(16)7-9-18(3)14(21)10-20-15(22)19-8-5-4-6-13(19)17-20/h4-6,8,11-12H,7,9-10,16H2,1-3H3. The molecule has 1 unspecified atom stereocenters. The fourth-order valence-corrected chi connectivity index (χ4v) is 2.12. The maximum atomic E-state index is 12.2. The van der Waals surface area contributed by atoms with E-state index < -0.39 is 0 Å². The van der Waals surface area contributed by atoms with E-state index in [4.69, 9.17) is 5.73 Å². The van der Waals surface area contributed by atoms with Crippen molar-refractivity contribution < 1.29 is 4.79 Å². The minimum Gasteiger partial charge on any atom is -0.344 e. The number of aromatic nitrogens is 3. The molecule has 2 rings (SSSR count). The molecule has 2 aromatic rings. The molecule has 2 heterocycles. The van der Waals surface area contributed by atoms with Gasteiger partial charge in [-0.15, -0.1) is 5.10 Å². The van der Waals surface area contributed by atoms with Crippen LogP contribution in [-0.4, -0.2) is 44.6 Å². The molecule has 2 N–H and O–H groups in total. The largest absolute Gasteiger partial charge is 0.350 e. The van der Waals surface area contributed by atoms with Crippen molar-refractivity contribution in [1.29, 1.82) is 0 Å². The smallest absolute Gasteiger partial charge is 0.344 e. The first-order chi connectivity index (χ1) is 10.4. The van der Waals surface area contributed by atoms with E-state index in [1.54, 1.807) is 36.3 Å². The molecule has 0 fully saturated rings. The predicted octanol–water partition coefficient (Wildman–Crippen LogP) is 0.328. The average Bonchev–Trinajstić information content (AvgIpc) is 2.81. The van der Waals surface area contributed by atoms with Gasteiger partial charge in [0.15, 0.2) is 5.65 Å². The summed E-state index contributed by atoms with van der Waals surface area (Å²) in [6.07, 6.45) is 2.37. The molecule has 0 bridgehead atoms. The van der Waals surface area contributed by atoms with Gasteiger partial charge >= 0.3 is 5.69 Å². The van der Waals surface area contributed by atoms with Gasteiger partial charge in [-0.05, 0) is 24.5 Å². The molecule has 0 aliphatic carbocycles. The lowest BCUT2D eigenvalue weighted by atomic mass is 10.0. The van der Waals surface area contributed by atoms with Crippen LogP contribution in [0.3, 0.4) is 0 Å². The van der Waals surface area contributed by atoms with Crippen molar-refractivity contribution in [2.24, 2.45) is 11.7 Å². The second-order valence-electron chi connectivity index (χ2n) is 5.88. The van der Waals surface area contributed by atoms with Crippen molar-refractivity contribution in [1.82, 2.24) is 19.1 Å². The Morgan fingerprint density at radius 2 is 2.14 bits per heavy atom. The number of carbonyl (C=O) groups excluding carboxylic acids is 1. The van der Waals surface area contributed by atoms with Crippen molar-refractivity contribution >= 4 is 11.6 Å². The third-order valence-corrected chi connectivity index (χ3v) is 3.85. The summed E-state index contributed by atoms with van der Waals surface area (Å²) < 4.78 is 2.61. The van der Waals surface area contributed by atoms with Gasteiger partial charge in [-0.2, -0.15) is 0 Å². The molecule has 0 aliphatic heterocycles. The number of hydrogen-bond donors (Lipinski definition) is 1. The minimum absolute atomic E-state index is 0.0616. The van der Waals surface area contributed by atoms with E-state index in [1.165, 1.54) is 9.08 Å². The number of nitrogens with zero attached hydrogens (tertiary/aromatic N) is 4. The Morgan fingerprint density at radius 3 is 2.77 bits per heavy atom. The first-order valence-corrected chi connectivity index (χ1v) is 7.44. The number of hydrogen-bond acceptors (Lipinski definition) is 4. The highest BCUT2D eigenvalue weighted by Crippen LogP contribution is 2.04. The van der Waals surface area contributed by atoms with Gasteiger partial charge < -0.3 is 10.6 Å². The summed E-state index contributed by atoms with van der Waals surface area (Å²) in [5, 5.41) is 4.15. The Kier molecular flexibility index (Phi) is 4.97. The highest BCUT2D eigenvalue weighted by Gasteiger charge is 2.15. The molecule has 0 aliphatic rings. The van der Waals surface area contributed by atoms with Gasteiger partial charge in [0.1, 0.15) is 6.54 Å². The zero-order valence-electron chi connectivity index (χ0n) is 13.3. The number of nitrogens with two attached hydrogens (primary N) is 1. The zero-order valence-corrected chi connectivity index (χ0v) is 13.3. The van der Waals surface area contributed by atoms with Crippen molar-refractivity contribution in [2.75, 3.05) is 13.6 Å². The molecule has 0 aromatic carbocycles. The van der Waals surface area contributed by atoms with Crippen LogP contribution in [0, 0.1) is 5.92 Å². The van der Waals surface area contributed by atoms with Gasteiger partial charge in [-0.1, -0.05) is 19.9 Å². The highest BCUT2D eigenvalue weighted by molar-refractivity contribution is 5.75. The fraction of sp³-hybridized carbons (Fsp3) is 0.533. The van der Waals surface area contributed by atoms with Gasteiger partial charge in [0.25, 0.3) is 0 Å². The molecule has 0 saturated carbocycles. The zero-order chi connectivity index (χ0) is 16.3. The van der Waals surface area contributed by atoms with Crippen LogP contribution in [0.25, 0.3) is 5.65 Å². The molecular formula is C15H23N5O2. The Hall–Kier alpha value is -2.15. The van der Waals surface area contributed by atoms with E-state index in [0.29, 0.717) is 18.1 Å². The molecule has 0 radical (unpaired) electrons. The SMILES string of the molecule is CC(C)C(N)CCN(C)C(=O)Cn1nc2ccccn2c1=O. The lowest BCUT2D eigenvalue weighted by molar-refractivity contribution is -0.130. The van der Waals surface area contributed by atoms with Gasteiger partial charge in [-0.25, -0.2) is 9.48 Å². The van der Waals surface area contributed by atoms with E-state index in [0.717, 1.165) is 6.42 Å². The molecule has 1 atom stereocenters. The molecule has 0 saturated heterocycles. The second-order valence-corrected chi connectivity index (χ2v) is 5.88. The molecule has 120 valence electrons. The van der Waals surface area contributed by atoms with E-state index in [-0.39, 0.29) is 24.2 Å². The van der Waals surface area contributed by atoms with Gasteiger partial charge in [-0.3, -0.25) is 9.20 Å². The molecular weight excluding hydrogens is 282 g/mol.